The lowest BCUT2D eigenvalue weighted by Gasteiger charge is -2.15. The van der Waals surface area contributed by atoms with E-state index >= 15 is 0 Å². The summed E-state index contributed by atoms with van der Waals surface area (Å²) >= 11 is 0. The molecule has 1 N–H and O–H groups in total. The summed E-state index contributed by atoms with van der Waals surface area (Å²) in [5, 5.41) is 0. The van der Waals surface area contributed by atoms with Crippen molar-refractivity contribution < 1.29 is 22.0 Å². The van der Waals surface area contributed by atoms with Crippen LogP contribution in [-0.2, 0) is 21.2 Å². The predicted molar refractivity (Wildman–Crippen MR) is 85.3 cm³/mol. The number of fused-ring (bicyclic) bond motifs is 1. The van der Waals surface area contributed by atoms with Gasteiger partial charge in [0.2, 0.25) is 5.91 Å². The zero-order valence-corrected chi connectivity index (χ0v) is 13.5. The third-order valence-electron chi connectivity index (χ3n) is 3.79. The van der Waals surface area contributed by atoms with Crippen LogP contribution in [0.3, 0.4) is 0 Å². The second-order valence-electron chi connectivity index (χ2n) is 5.44. The molecule has 0 fully saturated rings. The molecular weight excluding hydrogens is 338 g/mol. The van der Waals surface area contributed by atoms with Crippen molar-refractivity contribution in [1.82, 2.24) is 0 Å². The Bertz CT molecular complexity index is 929. The summed E-state index contributed by atoms with van der Waals surface area (Å²) in [7, 11) is -4.18. The van der Waals surface area contributed by atoms with Crippen molar-refractivity contribution in [3.63, 3.8) is 0 Å². The fourth-order valence-corrected chi connectivity index (χ4v) is 3.81. The van der Waals surface area contributed by atoms with E-state index < -0.39 is 26.6 Å². The molecule has 0 radical (unpaired) electrons. The zero-order valence-electron chi connectivity index (χ0n) is 12.7. The average Bonchev–Trinajstić information content (AvgIpc) is 2.89. The van der Waals surface area contributed by atoms with E-state index in [0.29, 0.717) is 19.0 Å². The van der Waals surface area contributed by atoms with Gasteiger partial charge in [-0.05, 0) is 42.3 Å². The van der Waals surface area contributed by atoms with Gasteiger partial charge in [-0.3, -0.25) is 9.52 Å². The standard InChI is InChI=1S/C16H14F2N2O3S/c1-10(21)20-7-6-11-8-13(3-4-15(11)20)19-24(22,23)16-5-2-12(17)9-14(16)18/h2-5,8-9,19H,6-7H2,1H3. The molecule has 2 aromatic carbocycles. The van der Waals surface area contributed by atoms with Gasteiger partial charge in [0.25, 0.3) is 10.0 Å². The van der Waals surface area contributed by atoms with Crippen LogP contribution in [0, 0.1) is 11.6 Å². The minimum Gasteiger partial charge on any atom is -0.312 e. The molecule has 3 rings (SSSR count). The largest absolute Gasteiger partial charge is 0.312 e. The van der Waals surface area contributed by atoms with Crippen LogP contribution in [0.25, 0.3) is 0 Å². The Morgan fingerprint density at radius 3 is 2.58 bits per heavy atom. The highest BCUT2D eigenvalue weighted by Gasteiger charge is 2.24. The van der Waals surface area contributed by atoms with Crippen LogP contribution in [-0.4, -0.2) is 20.9 Å². The van der Waals surface area contributed by atoms with Gasteiger partial charge < -0.3 is 4.90 Å². The first-order chi connectivity index (χ1) is 11.3. The number of carbonyl (C=O) groups is 1. The number of anilines is 2. The summed E-state index contributed by atoms with van der Waals surface area (Å²) in [6.45, 7) is 2.00. The van der Waals surface area contributed by atoms with E-state index in [1.807, 2.05) is 0 Å². The number of halogens is 2. The first-order valence-corrected chi connectivity index (χ1v) is 8.65. The monoisotopic (exact) mass is 352 g/mol. The Morgan fingerprint density at radius 1 is 1.17 bits per heavy atom. The summed E-state index contributed by atoms with van der Waals surface area (Å²) in [6.07, 6.45) is 0.607. The molecule has 24 heavy (non-hydrogen) atoms. The van der Waals surface area contributed by atoms with Crippen molar-refractivity contribution in [2.45, 2.75) is 18.2 Å². The third kappa shape index (κ3) is 2.96. The number of carbonyl (C=O) groups excluding carboxylic acids is 1. The van der Waals surface area contributed by atoms with Gasteiger partial charge in [-0.2, -0.15) is 0 Å². The van der Waals surface area contributed by atoms with Crippen LogP contribution >= 0.6 is 0 Å². The predicted octanol–water partition coefficient (Wildman–Crippen LogP) is 2.67. The van der Waals surface area contributed by atoms with Crippen LogP contribution < -0.4 is 9.62 Å². The van der Waals surface area contributed by atoms with Crippen molar-refractivity contribution in [2.75, 3.05) is 16.2 Å². The maximum Gasteiger partial charge on any atom is 0.264 e. The molecule has 0 saturated carbocycles. The van der Waals surface area contributed by atoms with Crippen molar-refractivity contribution in [2.24, 2.45) is 0 Å². The number of sulfonamides is 1. The van der Waals surface area contributed by atoms with Crippen LogP contribution in [0.5, 0.6) is 0 Å². The minimum atomic E-state index is -4.18. The van der Waals surface area contributed by atoms with Gasteiger partial charge in [-0.15, -0.1) is 0 Å². The van der Waals surface area contributed by atoms with Crippen molar-refractivity contribution in [3.8, 4) is 0 Å². The molecule has 0 unspecified atom stereocenters. The Kier molecular flexibility index (Phi) is 4.00. The molecule has 0 aromatic heterocycles. The Labute approximate surface area is 138 Å². The molecule has 0 spiro atoms. The van der Waals surface area contributed by atoms with Crippen LogP contribution in [0.1, 0.15) is 12.5 Å². The molecule has 126 valence electrons. The van der Waals surface area contributed by atoms with Crippen LogP contribution in [0.15, 0.2) is 41.3 Å². The van der Waals surface area contributed by atoms with E-state index in [0.717, 1.165) is 23.4 Å². The number of nitrogens with one attached hydrogen (secondary N) is 1. The maximum atomic E-state index is 13.7. The van der Waals surface area contributed by atoms with Crippen LogP contribution in [0.2, 0.25) is 0 Å². The lowest BCUT2D eigenvalue weighted by molar-refractivity contribution is -0.116. The van der Waals surface area contributed by atoms with E-state index in [9.17, 15) is 22.0 Å². The lowest BCUT2D eigenvalue weighted by Crippen LogP contribution is -2.25. The quantitative estimate of drug-likeness (QED) is 0.924. The molecule has 1 aliphatic heterocycles. The first kappa shape index (κ1) is 16.4. The van der Waals surface area contributed by atoms with Gasteiger partial charge in [-0.1, -0.05) is 0 Å². The molecule has 1 aliphatic rings. The van der Waals surface area contributed by atoms with Gasteiger partial charge in [0.1, 0.15) is 16.5 Å². The van der Waals surface area contributed by atoms with E-state index in [1.165, 1.54) is 13.0 Å². The van der Waals surface area contributed by atoms with E-state index in [4.69, 9.17) is 0 Å². The highest BCUT2D eigenvalue weighted by atomic mass is 32.2. The van der Waals surface area contributed by atoms with Crippen LogP contribution in [0.4, 0.5) is 20.2 Å². The molecule has 0 bridgehead atoms. The van der Waals surface area contributed by atoms with E-state index in [2.05, 4.69) is 4.72 Å². The highest BCUT2D eigenvalue weighted by molar-refractivity contribution is 7.92. The molecule has 1 heterocycles. The normalized spacial score (nSPS) is 13.7. The number of hydrogen-bond acceptors (Lipinski definition) is 3. The van der Waals surface area contributed by atoms with Gasteiger partial charge in [-0.25, -0.2) is 17.2 Å². The molecule has 2 aromatic rings. The number of rotatable bonds is 3. The molecule has 8 heteroatoms. The molecule has 0 aliphatic carbocycles. The molecule has 0 saturated heterocycles. The van der Waals surface area contributed by atoms with Crippen molar-refractivity contribution >= 4 is 27.3 Å². The Morgan fingerprint density at radius 2 is 1.92 bits per heavy atom. The molecule has 0 atom stereocenters. The average molecular weight is 352 g/mol. The zero-order chi connectivity index (χ0) is 17.5. The lowest BCUT2D eigenvalue weighted by atomic mass is 10.1. The van der Waals surface area contributed by atoms with E-state index in [1.54, 1.807) is 17.0 Å². The fourth-order valence-electron chi connectivity index (χ4n) is 2.70. The minimum absolute atomic E-state index is 0.0875. The molecule has 5 nitrogen and oxygen atoms in total. The topological polar surface area (TPSA) is 66.5 Å². The highest BCUT2D eigenvalue weighted by Crippen LogP contribution is 2.31. The summed E-state index contributed by atoms with van der Waals surface area (Å²) < 4.78 is 53.4. The maximum absolute atomic E-state index is 13.7. The SMILES string of the molecule is CC(=O)N1CCc2cc(NS(=O)(=O)c3ccc(F)cc3F)ccc21. The van der Waals surface area contributed by atoms with Gasteiger partial charge >= 0.3 is 0 Å². The summed E-state index contributed by atoms with van der Waals surface area (Å²) in [5.74, 6) is -2.10. The van der Waals surface area contributed by atoms with Gasteiger partial charge in [0.15, 0.2) is 0 Å². The number of amides is 1. The smallest absolute Gasteiger partial charge is 0.264 e. The number of nitrogens with zero attached hydrogens (tertiary/aromatic N) is 1. The number of benzene rings is 2. The first-order valence-electron chi connectivity index (χ1n) is 7.17. The second-order valence-corrected chi connectivity index (χ2v) is 7.10. The molecular formula is C16H14F2N2O3S. The van der Waals surface area contributed by atoms with Crippen molar-refractivity contribution in [1.29, 1.82) is 0 Å². The fraction of sp³-hybridized carbons (Fsp3) is 0.188. The van der Waals surface area contributed by atoms with Crippen molar-refractivity contribution in [3.05, 3.63) is 53.6 Å². The molecule has 1 amide bonds. The summed E-state index contributed by atoms with van der Waals surface area (Å²) in [6, 6.07) is 7.02. The Balaban J connectivity index is 1.90. The van der Waals surface area contributed by atoms with E-state index in [-0.39, 0.29) is 11.6 Å². The van der Waals surface area contributed by atoms with Gasteiger partial charge in [0, 0.05) is 30.9 Å². The third-order valence-corrected chi connectivity index (χ3v) is 5.21. The summed E-state index contributed by atoms with van der Waals surface area (Å²) in [4.78, 5) is 12.5. The van der Waals surface area contributed by atoms with Gasteiger partial charge in [0.05, 0.1) is 0 Å². The number of hydrogen-bond donors (Lipinski definition) is 1. The summed E-state index contributed by atoms with van der Waals surface area (Å²) in [5.41, 5.74) is 1.81. The second kappa shape index (κ2) is 5.86. The Hall–Kier alpha value is -2.48.